The van der Waals surface area contributed by atoms with Crippen molar-refractivity contribution in [1.82, 2.24) is 4.98 Å². The van der Waals surface area contributed by atoms with Crippen LogP contribution in [0.2, 0.25) is 0 Å². The molecule has 1 N–H and O–H groups in total. The van der Waals surface area contributed by atoms with E-state index in [1.54, 1.807) is 17.4 Å². The molecule has 22 heavy (non-hydrogen) atoms. The molecule has 0 fully saturated rings. The third kappa shape index (κ3) is 2.86. The van der Waals surface area contributed by atoms with Crippen molar-refractivity contribution in [3.63, 3.8) is 0 Å². The molecule has 1 aliphatic rings. The Morgan fingerprint density at radius 1 is 1.50 bits per heavy atom. The molecular formula is C15H17N3O2S2. The van der Waals surface area contributed by atoms with Crippen LogP contribution in [0.5, 0.6) is 0 Å². The maximum Gasteiger partial charge on any atom is 0.232 e. The number of hydrogen-bond donors (Lipinski definition) is 1. The highest BCUT2D eigenvalue weighted by Crippen LogP contribution is 2.34. The Labute approximate surface area is 134 Å². The van der Waals surface area contributed by atoms with E-state index in [-0.39, 0.29) is 0 Å². The third-order valence-corrected chi connectivity index (χ3v) is 5.51. The van der Waals surface area contributed by atoms with Crippen LogP contribution in [0, 0.1) is 0 Å². The molecule has 0 unspecified atom stereocenters. The molecule has 2 heterocycles. The van der Waals surface area contributed by atoms with Crippen molar-refractivity contribution in [2.75, 3.05) is 29.0 Å². The second-order valence-electron chi connectivity index (χ2n) is 5.14. The van der Waals surface area contributed by atoms with Crippen molar-refractivity contribution < 1.29 is 8.42 Å². The third-order valence-electron chi connectivity index (χ3n) is 3.53. The second-order valence-corrected chi connectivity index (χ2v) is 7.90. The molecule has 0 aliphatic carbocycles. The lowest BCUT2D eigenvalue weighted by molar-refractivity contribution is 0.598. The summed E-state index contributed by atoms with van der Waals surface area (Å²) in [5.41, 5.74) is 3.75. The molecule has 0 amide bonds. The van der Waals surface area contributed by atoms with Gasteiger partial charge in [0.05, 0.1) is 17.6 Å². The minimum Gasteiger partial charge on any atom is -0.358 e. The fourth-order valence-corrected chi connectivity index (χ4v) is 4.21. The van der Waals surface area contributed by atoms with Gasteiger partial charge in [-0.25, -0.2) is 13.4 Å². The molecule has 116 valence electrons. The summed E-state index contributed by atoms with van der Waals surface area (Å²) in [6, 6.07) is 5.83. The van der Waals surface area contributed by atoms with Crippen LogP contribution in [0.1, 0.15) is 5.56 Å². The summed E-state index contributed by atoms with van der Waals surface area (Å²) < 4.78 is 25.0. The van der Waals surface area contributed by atoms with Gasteiger partial charge in [-0.1, -0.05) is 12.1 Å². The normalized spacial score (nSPS) is 14.0. The molecule has 0 spiro atoms. The van der Waals surface area contributed by atoms with Crippen LogP contribution in [-0.4, -0.2) is 32.7 Å². The number of nitrogens with one attached hydrogen (secondary N) is 1. The zero-order valence-electron chi connectivity index (χ0n) is 12.2. The smallest absolute Gasteiger partial charge is 0.232 e. The van der Waals surface area contributed by atoms with Crippen LogP contribution in [0.25, 0.3) is 11.3 Å². The standard InChI is InChI=1S/C15H17N3O2S2/c1-3-7-16-15-17-13(10-21-15)11-4-5-14-12(9-11)6-8-18(14)22(2,19)20/h3-5,9-10H,1,6-8H2,2H3,(H,16,17). The van der Waals surface area contributed by atoms with E-state index < -0.39 is 10.0 Å². The van der Waals surface area contributed by atoms with Crippen LogP contribution in [0.3, 0.4) is 0 Å². The molecule has 2 aromatic rings. The SMILES string of the molecule is C=CCNc1nc(-c2ccc3c(c2)CCN3S(C)(=O)=O)cs1. The average Bonchev–Trinajstić information content (AvgIpc) is 3.10. The Kier molecular flexibility index (Phi) is 3.92. The van der Waals surface area contributed by atoms with Crippen molar-refractivity contribution in [2.45, 2.75) is 6.42 Å². The van der Waals surface area contributed by atoms with Crippen LogP contribution < -0.4 is 9.62 Å². The Bertz CT molecular complexity index is 812. The number of benzene rings is 1. The van der Waals surface area contributed by atoms with E-state index in [1.807, 2.05) is 23.6 Å². The highest BCUT2D eigenvalue weighted by Gasteiger charge is 2.26. The first-order chi connectivity index (χ1) is 10.5. The van der Waals surface area contributed by atoms with Crippen molar-refractivity contribution >= 4 is 32.2 Å². The Morgan fingerprint density at radius 3 is 3.05 bits per heavy atom. The van der Waals surface area contributed by atoms with Gasteiger partial charge in [0, 0.05) is 24.0 Å². The number of rotatable bonds is 5. The number of thiazole rings is 1. The van der Waals surface area contributed by atoms with Gasteiger partial charge in [-0.2, -0.15) is 0 Å². The largest absolute Gasteiger partial charge is 0.358 e. The Balaban J connectivity index is 1.89. The average molecular weight is 335 g/mol. The molecule has 5 nitrogen and oxygen atoms in total. The van der Waals surface area contributed by atoms with Crippen molar-refractivity contribution in [1.29, 1.82) is 0 Å². The van der Waals surface area contributed by atoms with Gasteiger partial charge < -0.3 is 5.32 Å². The molecule has 1 aliphatic heterocycles. The van der Waals surface area contributed by atoms with E-state index >= 15 is 0 Å². The number of aromatic nitrogens is 1. The summed E-state index contributed by atoms with van der Waals surface area (Å²) in [5.74, 6) is 0. The molecule has 0 bridgehead atoms. The van der Waals surface area contributed by atoms with E-state index in [2.05, 4.69) is 16.9 Å². The minimum absolute atomic E-state index is 0.515. The first-order valence-electron chi connectivity index (χ1n) is 6.90. The second kappa shape index (κ2) is 5.73. The highest BCUT2D eigenvalue weighted by atomic mass is 32.2. The molecule has 1 aromatic heterocycles. The molecule has 7 heteroatoms. The lowest BCUT2D eigenvalue weighted by Crippen LogP contribution is -2.27. The van der Waals surface area contributed by atoms with Crippen molar-refractivity contribution in [2.24, 2.45) is 0 Å². The highest BCUT2D eigenvalue weighted by molar-refractivity contribution is 7.92. The number of anilines is 2. The number of fused-ring (bicyclic) bond motifs is 1. The molecule has 0 radical (unpaired) electrons. The summed E-state index contributed by atoms with van der Waals surface area (Å²) in [4.78, 5) is 4.54. The van der Waals surface area contributed by atoms with Crippen LogP contribution in [0.15, 0.2) is 36.2 Å². The lowest BCUT2D eigenvalue weighted by Gasteiger charge is -2.16. The Morgan fingerprint density at radius 2 is 2.32 bits per heavy atom. The zero-order chi connectivity index (χ0) is 15.7. The monoisotopic (exact) mass is 335 g/mol. The van der Waals surface area contributed by atoms with Gasteiger partial charge in [-0.05, 0) is 24.1 Å². The van der Waals surface area contributed by atoms with Gasteiger partial charge in [-0.3, -0.25) is 4.31 Å². The van der Waals surface area contributed by atoms with Gasteiger partial charge >= 0.3 is 0 Å². The summed E-state index contributed by atoms with van der Waals surface area (Å²) in [5, 5.41) is 6.02. The summed E-state index contributed by atoms with van der Waals surface area (Å²) >= 11 is 1.55. The van der Waals surface area contributed by atoms with E-state index in [0.29, 0.717) is 13.1 Å². The first kappa shape index (κ1) is 15.1. The number of nitrogens with zero attached hydrogens (tertiary/aromatic N) is 2. The molecule has 0 saturated heterocycles. The van der Waals surface area contributed by atoms with E-state index in [4.69, 9.17) is 0 Å². The van der Waals surface area contributed by atoms with Crippen molar-refractivity contribution in [3.05, 3.63) is 41.8 Å². The number of hydrogen-bond acceptors (Lipinski definition) is 5. The first-order valence-corrected chi connectivity index (χ1v) is 9.63. The van der Waals surface area contributed by atoms with Gasteiger partial charge in [0.2, 0.25) is 10.0 Å². The molecule has 3 rings (SSSR count). The zero-order valence-corrected chi connectivity index (χ0v) is 13.9. The Hall–Kier alpha value is -1.86. The predicted molar refractivity (Wildman–Crippen MR) is 92.1 cm³/mol. The summed E-state index contributed by atoms with van der Waals surface area (Å²) in [6.07, 6.45) is 3.77. The maximum absolute atomic E-state index is 11.8. The maximum atomic E-state index is 11.8. The minimum atomic E-state index is -3.20. The van der Waals surface area contributed by atoms with Gasteiger partial charge in [0.1, 0.15) is 0 Å². The molecular weight excluding hydrogens is 318 g/mol. The topological polar surface area (TPSA) is 62.3 Å². The lowest BCUT2D eigenvalue weighted by atomic mass is 10.1. The summed E-state index contributed by atoms with van der Waals surface area (Å²) in [6.45, 7) is 4.86. The van der Waals surface area contributed by atoms with Crippen LogP contribution in [0.4, 0.5) is 10.8 Å². The van der Waals surface area contributed by atoms with E-state index in [1.165, 1.54) is 10.6 Å². The summed E-state index contributed by atoms with van der Waals surface area (Å²) in [7, 11) is -3.20. The molecule has 0 atom stereocenters. The predicted octanol–water partition coefficient (Wildman–Crippen LogP) is 2.73. The van der Waals surface area contributed by atoms with E-state index in [9.17, 15) is 8.42 Å². The van der Waals surface area contributed by atoms with Gasteiger partial charge in [0.25, 0.3) is 0 Å². The fraction of sp³-hybridized carbons (Fsp3) is 0.267. The van der Waals surface area contributed by atoms with E-state index in [0.717, 1.165) is 34.1 Å². The van der Waals surface area contributed by atoms with Crippen LogP contribution in [-0.2, 0) is 16.4 Å². The van der Waals surface area contributed by atoms with Crippen LogP contribution >= 0.6 is 11.3 Å². The molecule has 0 saturated carbocycles. The number of sulfonamides is 1. The quantitative estimate of drug-likeness (QED) is 0.854. The van der Waals surface area contributed by atoms with Gasteiger partial charge in [0.15, 0.2) is 5.13 Å². The molecule has 1 aromatic carbocycles. The fourth-order valence-electron chi connectivity index (χ4n) is 2.52. The van der Waals surface area contributed by atoms with Gasteiger partial charge in [-0.15, -0.1) is 17.9 Å². The van der Waals surface area contributed by atoms with Crippen molar-refractivity contribution in [3.8, 4) is 11.3 Å².